The van der Waals surface area contributed by atoms with Crippen molar-refractivity contribution in [3.63, 3.8) is 0 Å². The van der Waals surface area contributed by atoms with Crippen LogP contribution in [0.4, 0.5) is 4.39 Å². The van der Waals surface area contributed by atoms with E-state index in [1.807, 2.05) is 91.0 Å². The third-order valence-corrected chi connectivity index (χ3v) is 8.31. The predicted molar refractivity (Wildman–Crippen MR) is 177 cm³/mol. The van der Waals surface area contributed by atoms with Gasteiger partial charge in [-0.2, -0.15) is 0 Å². The van der Waals surface area contributed by atoms with Crippen molar-refractivity contribution in [2.24, 2.45) is 0 Å². The smallest absolute Gasteiger partial charge is 0.186 e. The van der Waals surface area contributed by atoms with Gasteiger partial charge in [-0.15, -0.1) is 0 Å². The van der Waals surface area contributed by atoms with E-state index in [-0.39, 0.29) is 13.2 Å². The minimum Gasteiger partial charge on any atom is -0.374 e. The summed E-state index contributed by atoms with van der Waals surface area (Å²) in [7, 11) is 0. The van der Waals surface area contributed by atoms with Crippen LogP contribution in [0, 0.1) is 0 Å². The highest BCUT2D eigenvalue weighted by atomic mass is 19.1. The summed E-state index contributed by atoms with van der Waals surface area (Å²) in [5.74, 6) is 0. The van der Waals surface area contributed by atoms with Crippen LogP contribution in [0.3, 0.4) is 0 Å². The van der Waals surface area contributed by atoms with Gasteiger partial charge in [0.05, 0.1) is 26.4 Å². The van der Waals surface area contributed by atoms with Crippen molar-refractivity contribution in [2.45, 2.75) is 122 Å². The van der Waals surface area contributed by atoms with Crippen molar-refractivity contribution in [1.29, 1.82) is 0 Å². The molecule has 6 heteroatoms. The Kier molecular flexibility index (Phi) is 16.6. The molecule has 3 aromatic rings. The molecule has 45 heavy (non-hydrogen) atoms. The van der Waals surface area contributed by atoms with Crippen LogP contribution in [-0.2, 0) is 43.5 Å². The van der Waals surface area contributed by atoms with Gasteiger partial charge in [-0.05, 0) is 23.1 Å². The Balaban J connectivity index is 1.37. The van der Waals surface area contributed by atoms with Gasteiger partial charge in [0.2, 0.25) is 0 Å². The van der Waals surface area contributed by atoms with E-state index in [0.29, 0.717) is 19.8 Å². The van der Waals surface area contributed by atoms with Crippen molar-refractivity contribution < 1.29 is 28.1 Å². The van der Waals surface area contributed by atoms with Gasteiger partial charge in [-0.3, -0.25) is 0 Å². The molecule has 1 heterocycles. The quantitative estimate of drug-likeness (QED) is 0.105. The molecule has 0 aliphatic carbocycles. The molecule has 0 bridgehead atoms. The molecule has 1 saturated heterocycles. The van der Waals surface area contributed by atoms with Crippen LogP contribution < -0.4 is 0 Å². The molecule has 246 valence electrons. The van der Waals surface area contributed by atoms with Crippen LogP contribution in [0.1, 0.15) is 87.8 Å². The normalized spacial score (nSPS) is 21.6. The minimum absolute atomic E-state index is 0.0881. The average Bonchev–Trinajstić information content (AvgIpc) is 3.08. The number of benzene rings is 3. The molecule has 0 spiro atoms. The third kappa shape index (κ3) is 13.0. The predicted octanol–water partition coefficient (Wildman–Crippen LogP) is 9.37. The maximum absolute atomic E-state index is 16.3. The van der Waals surface area contributed by atoms with E-state index in [1.165, 1.54) is 51.4 Å². The van der Waals surface area contributed by atoms with E-state index in [2.05, 4.69) is 6.92 Å². The van der Waals surface area contributed by atoms with Crippen LogP contribution in [0.2, 0.25) is 0 Å². The van der Waals surface area contributed by atoms with Crippen molar-refractivity contribution in [3.8, 4) is 0 Å². The van der Waals surface area contributed by atoms with E-state index < -0.39 is 30.8 Å². The van der Waals surface area contributed by atoms with E-state index in [0.717, 1.165) is 29.5 Å². The maximum Gasteiger partial charge on any atom is 0.186 e. The fourth-order valence-electron chi connectivity index (χ4n) is 5.69. The lowest BCUT2D eigenvalue weighted by Gasteiger charge is -2.43. The Labute approximate surface area is 270 Å². The van der Waals surface area contributed by atoms with Crippen LogP contribution in [0.5, 0.6) is 0 Å². The Hall–Kier alpha value is -2.61. The van der Waals surface area contributed by atoms with Crippen molar-refractivity contribution in [2.75, 3.05) is 13.2 Å². The molecule has 5 atom stereocenters. The second-order valence-corrected chi connectivity index (χ2v) is 12.1. The van der Waals surface area contributed by atoms with Gasteiger partial charge in [0, 0.05) is 6.61 Å². The van der Waals surface area contributed by atoms with Crippen LogP contribution in [-0.4, -0.2) is 44.0 Å². The molecule has 1 aliphatic rings. The zero-order valence-corrected chi connectivity index (χ0v) is 27.1. The van der Waals surface area contributed by atoms with Gasteiger partial charge in [-0.25, -0.2) is 4.39 Å². The lowest BCUT2D eigenvalue weighted by Crippen LogP contribution is -2.59. The molecule has 5 unspecified atom stereocenters. The highest BCUT2D eigenvalue weighted by Gasteiger charge is 2.48. The van der Waals surface area contributed by atoms with Gasteiger partial charge >= 0.3 is 0 Å². The van der Waals surface area contributed by atoms with E-state index in [4.69, 9.17) is 23.7 Å². The molecule has 3 aromatic carbocycles. The highest BCUT2D eigenvalue weighted by molar-refractivity contribution is 5.15. The number of halogens is 1. The third-order valence-electron chi connectivity index (χ3n) is 8.31. The maximum atomic E-state index is 16.3. The average molecular weight is 621 g/mol. The summed E-state index contributed by atoms with van der Waals surface area (Å²) < 4.78 is 47.5. The van der Waals surface area contributed by atoms with Crippen LogP contribution >= 0.6 is 0 Å². The zero-order valence-electron chi connectivity index (χ0n) is 27.1. The molecule has 4 rings (SSSR count). The second-order valence-electron chi connectivity index (χ2n) is 12.1. The number of hydrogen-bond acceptors (Lipinski definition) is 5. The van der Waals surface area contributed by atoms with Crippen molar-refractivity contribution in [3.05, 3.63) is 108 Å². The Bertz CT molecular complexity index is 1130. The molecule has 1 fully saturated rings. The topological polar surface area (TPSA) is 46.2 Å². The summed E-state index contributed by atoms with van der Waals surface area (Å²) >= 11 is 0. The van der Waals surface area contributed by atoms with Crippen LogP contribution in [0.25, 0.3) is 0 Å². The van der Waals surface area contributed by atoms with Gasteiger partial charge < -0.3 is 23.7 Å². The molecular weight excluding hydrogens is 567 g/mol. The Morgan fingerprint density at radius 3 is 1.56 bits per heavy atom. The van der Waals surface area contributed by atoms with Gasteiger partial charge in [-0.1, -0.05) is 156 Å². The van der Waals surface area contributed by atoms with Gasteiger partial charge in [0.1, 0.15) is 18.3 Å². The lowest BCUT2D eigenvalue weighted by molar-refractivity contribution is -0.312. The Morgan fingerprint density at radius 2 is 1.02 bits per heavy atom. The summed E-state index contributed by atoms with van der Waals surface area (Å²) in [5.41, 5.74) is 2.99. The van der Waals surface area contributed by atoms with E-state index in [9.17, 15) is 0 Å². The summed E-state index contributed by atoms with van der Waals surface area (Å²) in [5, 5.41) is 0. The largest absolute Gasteiger partial charge is 0.374 e. The first-order chi connectivity index (χ1) is 22.2. The summed E-state index contributed by atoms with van der Waals surface area (Å²) in [6.45, 7) is 3.81. The fraction of sp³-hybridized carbons (Fsp3) is 0.538. The molecule has 0 N–H and O–H groups in total. The zero-order chi connectivity index (χ0) is 31.4. The molecule has 1 aliphatic heterocycles. The standard InChI is InChI=1S/C39H53FO5/c1-2-3-4-5-6-7-8-9-10-20-27-42-39-38(44-30-34-25-18-13-19-26-34)37(43-29-33-23-16-12-17-24-33)36(40)35(45-39)31-41-28-32-21-14-11-15-22-32/h11-19,21-26,35-39H,2-10,20,27-31H2,1H3. The highest BCUT2D eigenvalue weighted by Crippen LogP contribution is 2.31. The van der Waals surface area contributed by atoms with Crippen LogP contribution in [0.15, 0.2) is 91.0 Å². The molecule has 5 nitrogen and oxygen atoms in total. The SMILES string of the molecule is CCCCCCCCCCCCOC1OC(COCc2ccccc2)C(F)C(OCc2ccccc2)C1OCc1ccccc1. The molecule has 0 aromatic heterocycles. The molecule has 0 saturated carbocycles. The first-order valence-corrected chi connectivity index (χ1v) is 17.1. The first-order valence-electron chi connectivity index (χ1n) is 17.1. The van der Waals surface area contributed by atoms with Crippen molar-refractivity contribution >= 4 is 0 Å². The van der Waals surface area contributed by atoms with E-state index >= 15 is 4.39 Å². The summed E-state index contributed by atoms with van der Waals surface area (Å²) in [6.07, 6.45) is 7.74. The number of alkyl halides is 1. The van der Waals surface area contributed by atoms with E-state index in [1.54, 1.807) is 0 Å². The number of unbranched alkanes of at least 4 members (excludes halogenated alkanes) is 9. The number of rotatable bonds is 22. The summed E-state index contributed by atoms with van der Waals surface area (Å²) in [4.78, 5) is 0. The Morgan fingerprint density at radius 1 is 0.556 bits per heavy atom. The molecule has 0 amide bonds. The van der Waals surface area contributed by atoms with Gasteiger partial charge in [0.15, 0.2) is 12.5 Å². The molecular formula is C39H53FO5. The summed E-state index contributed by atoms with van der Waals surface area (Å²) in [6, 6.07) is 29.6. The fourth-order valence-corrected chi connectivity index (χ4v) is 5.69. The second kappa shape index (κ2) is 21.2. The number of ether oxygens (including phenoxy) is 5. The molecule has 0 radical (unpaired) electrons. The van der Waals surface area contributed by atoms with Gasteiger partial charge in [0.25, 0.3) is 0 Å². The van der Waals surface area contributed by atoms with Crippen molar-refractivity contribution in [1.82, 2.24) is 0 Å². The minimum atomic E-state index is -1.46. The first kappa shape index (κ1) is 35.2. The number of hydrogen-bond donors (Lipinski definition) is 0. The monoisotopic (exact) mass is 620 g/mol. The lowest BCUT2D eigenvalue weighted by atomic mass is 9.99.